The van der Waals surface area contributed by atoms with Crippen LogP contribution in [0.25, 0.3) is 0 Å². The first kappa shape index (κ1) is 12.2. The van der Waals surface area contributed by atoms with Gasteiger partial charge in [-0.2, -0.15) is 0 Å². The lowest BCUT2D eigenvalue weighted by atomic mass is 9.79. The van der Waals surface area contributed by atoms with Gasteiger partial charge in [-0.1, -0.05) is 13.8 Å². The van der Waals surface area contributed by atoms with Crippen LogP contribution in [-0.4, -0.2) is 16.8 Å². The SMILES string of the molecule is CC(C)CC1C(=O)NC(=O)CC1c1cncs1. The molecule has 5 heteroatoms. The van der Waals surface area contributed by atoms with Gasteiger partial charge < -0.3 is 0 Å². The highest BCUT2D eigenvalue weighted by Crippen LogP contribution is 2.36. The average Bonchev–Trinajstić information content (AvgIpc) is 2.74. The Labute approximate surface area is 104 Å². The van der Waals surface area contributed by atoms with E-state index in [9.17, 15) is 9.59 Å². The number of amides is 2. The monoisotopic (exact) mass is 252 g/mol. The number of rotatable bonds is 3. The molecule has 1 N–H and O–H groups in total. The summed E-state index contributed by atoms with van der Waals surface area (Å²) in [6, 6.07) is 0. The Morgan fingerprint density at radius 1 is 1.53 bits per heavy atom. The van der Waals surface area contributed by atoms with E-state index in [-0.39, 0.29) is 23.7 Å². The summed E-state index contributed by atoms with van der Waals surface area (Å²) in [6.07, 6.45) is 2.97. The molecule has 0 saturated carbocycles. The number of aromatic nitrogens is 1. The van der Waals surface area contributed by atoms with E-state index in [1.807, 2.05) is 0 Å². The third-order valence-corrected chi connectivity index (χ3v) is 3.94. The fourth-order valence-electron chi connectivity index (χ4n) is 2.29. The topological polar surface area (TPSA) is 59.1 Å². The molecule has 1 aliphatic heterocycles. The van der Waals surface area contributed by atoms with Crippen LogP contribution in [0.5, 0.6) is 0 Å². The predicted molar refractivity (Wildman–Crippen MR) is 65.6 cm³/mol. The molecular formula is C12H16N2O2S. The van der Waals surface area contributed by atoms with Crippen LogP contribution in [0.2, 0.25) is 0 Å². The zero-order valence-electron chi connectivity index (χ0n) is 9.97. The molecule has 0 spiro atoms. The number of hydrogen-bond donors (Lipinski definition) is 1. The number of nitrogens with one attached hydrogen (secondary N) is 1. The highest BCUT2D eigenvalue weighted by molar-refractivity contribution is 7.09. The molecule has 4 nitrogen and oxygen atoms in total. The number of thiazole rings is 1. The summed E-state index contributed by atoms with van der Waals surface area (Å²) in [5.41, 5.74) is 1.75. The minimum Gasteiger partial charge on any atom is -0.296 e. The summed E-state index contributed by atoms with van der Waals surface area (Å²) in [6.45, 7) is 4.18. The average molecular weight is 252 g/mol. The molecule has 2 rings (SSSR count). The Balaban J connectivity index is 2.24. The molecule has 1 aliphatic rings. The number of carbonyl (C=O) groups excluding carboxylic acids is 2. The van der Waals surface area contributed by atoms with Gasteiger partial charge in [0.1, 0.15) is 0 Å². The zero-order chi connectivity index (χ0) is 12.4. The minimum absolute atomic E-state index is 0.00569. The van der Waals surface area contributed by atoms with E-state index >= 15 is 0 Å². The first-order valence-corrected chi connectivity index (χ1v) is 6.68. The Morgan fingerprint density at radius 2 is 2.29 bits per heavy atom. The largest absolute Gasteiger partial charge is 0.296 e. The van der Waals surface area contributed by atoms with Gasteiger partial charge in [0.2, 0.25) is 11.8 Å². The van der Waals surface area contributed by atoms with Gasteiger partial charge in [0.15, 0.2) is 0 Å². The van der Waals surface area contributed by atoms with Crippen molar-refractivity contribution < 1.29 is 9.59 Å². The normalized spacial score (nSPS) is 25.1. The number of nitrogens with zero attached hydrogens (tertiary/aromatic N) is 1. The minimum atomic E-state index is -0.173. The molecule has 92 valence electrons. The maximum atomic E-state index is 11.9. The van der Waals surface area contributed by atoms with Crippen molar-refractivity contribution in [3.63, 3.8) is 0 Å². The Hall–Kier alpha value is -1.23. The van der Waals surface area contributed by atoms with Crippen LogP contribution < -0.4 is 5.32 Å². The van der Waals surface area contributed by atoms with E-state index in [0.29, 0.717) is 12.3 Å². The van der Waals surface area contributed by atoms with Crippen molar-refractivity contribution in [1.82, 2.24) is 10.3 Å². The van der Waals surface area contributed by atoms with Crippen molar-refractivity contribution in [2.75, 3.05) is 0 Å². The van der Waals surface area contributed by atoms with Gasteiger partial charge in [-0.15, -0.1) is 11.3 Å². The summed E-state index contributed by atoms with van der Waals surface area (Å²) in [7, 11) is 0. The van der Waals surface area contributed by atoms with Crippen LogP contribution in [-0.2, 0) is 9.59 Å². The summed E-state index contributed by atoms with van der Waals surface area (Å²) in [5, 5.41) is 2.43. The number of imide groups is 1. The third-order valence-electron chi connectivity index (χ3n) is 3.03. The standard InChI is InChI=1S/C12H16N2O2S/c1-7(2)3-9-8(10-5-13-6-17-10)4-11(15)14-12(9)16/h5-9H,3-4H2,1-2H3,(H,14,15,16). The summed E-state index contributed by atoms with van der Waals surface area (Å²) in [4.78, 5) is 28.4. The molecule has 0 radical (unpaired) electrons. The van der Waals surface area contributed by atoms with Crippen molar-refractivity contribution in [2.24, 2.45) is 11.8 Å². The summed E-state index contributed by atoms with van der Waals surface area (Å²) in [5.74, 6) is 0.0374. The summed E-state index contributed by atoms with van der Waals surface area (Å²) < 4.78 is 0. The second-order valence-electron chi connectivity index (χ2n) is 4.86. The van der Waals surface area contributed by atoms with Gasteiger partial charge in [-0.05, 0) is 12.3 Å². The van der Waals surface area contributed by atoms with Crippen molar-refractivity contribution in [1.29, 1.82) is 0 Å². The second kappa shape index (κ2) is 4.96. The highest BCUT2D eigenvalue weighted by atomic mass is 32.1. The van der Waals surface area contributed by atoms with Crippen molar-refractivity contribution in [3.05, 3.63) is 16.6 Å². The van der Waals surface area contributed by atoms with E-state index in [2.05, 4.69) is 24.1 Å². The van der Waals surface area contributed by atoms with Crippen molar-refractivity contribution in [3.8, 4) is 0 Å². The molecule has 0 bridgehead atoms. The molecule has 1 saturated heterocycles. The van der Waals surface area contributed by atoms with Gasteiger partial charge in [-0.25, -0.2) is 0 Å². The van der Waals surface area contributed by atoms with Crippen LogP contribution in [0.15, 0.2) is 11.7 Å². The van der Waals surface area contributed by atoms with E-state index in [0.717, 1.165) is 11.3 Å². The number of hydrogen-bond acceptors (Lipinski definition) is 4. The molecule has 1 fully saturated rings. The van der Waals surface area contributed by atoms with Crippen LogP contribution in [0, 0.1) is 11.8 Å². The molecule has 0 aliphatic carbocycles. The molecule has 2 atom stereocenters. The fourth-order valence-corrected chi connectivity index (χ4v) is 3.08. The predicted octanol–water partition coefficient (Wildman–Crippen LogP) is 1.94. The maximum Gasteiger partial charge on any atom is 0.230 e. The Morgan fingerprint density at radius 3 is 2.88 bits per heavy atom. The molecule has 1 aromatic heterocycles. The van der Waals surface area contributed by atoms with E-state index in [1.54, 1.807) is 11.7 Å². The van der Waals surface area contributed by atoms with Gasteiger partial charge in [0, 0.05) is 29.3 Å². The Bertz CT molecular complexity index is 414. The van der Waals surface area contributed by atoms with Gasteiger partial charge in [-0.3, -0.25) is 19.9 Å². The first-order chi connectivity index (χ1) is 8.08. The molecular weight excluding hydrogens is 236 g/mol. The fraction of sp³-hybridized carbons (Fsp3) is 0.583. The highest BCUT2D eigenvalue weighted by Gasteiger charge is 2.37. The van der Waals surface area contributed by atoms with E-state index < -0.39 is 0 Å². The van der Waals surface area contributed by atoms with Crippen LogP contribution in [0.1, 0.15) is 37.5 Å². The van der Waals surface area contributed by atoms with Crippen LogP contribution in [0.4, 0.5) is 0 Å². The smallest absolute Gasteiger partial charge is 0.230 e. The van der Waals surface area contributed by atoms with Crippen molar-refractivity contribution >= 4 is 23.2 Å². The lowest BCUT2D eigenvalue weighted by Crippen LogP contribution is -2.45. The van der Waals surface area contributed by atoms with Gasteiger partial charge in [0.05, 0.1) is 5.51 Å². The molecule has 17 heavy (non-hydrogen) atoms. The van der Waals surface area contributed by atoms with E-state index in [4.69, 9.17) is 0 Å². The maximum absolute atomic E-state index is 11.9. The first-order valence-electron chi connectivity index (χ1n) is 5.80. The number of piperidine rings is 1. The van der Waals surface area contributed by atoms with E-state index in [1.165, 1.54) is 11.3 Å². The van der Waals surface area contributed by atoms with Crippen LogP contribution >= 0.6 is 11.3 Å². The van der Waals surface area contributed by atoms with Gasteiger partial charge in [0.25, 0.3) is 0 Å². The van der Waals surface area contributed by atoms with Crippen LogP contribution in [0.3, 0.4) is 0 Å². The lowest BCUT2D eigenvalue weighted by Gasteiger charge is -2.30. The Kier molecular flexibility index (Phi) is 3.57. The number of carbonyl (C=O) groups is 2. The molecule has 2 heterocycles. The van der Waals surface area contributed by atoms with Gasteiger partial charge >= 0.3 is 0 Å². The van der Waals surface area contributed by atoms with Crippen molar-refractivity contribution in [2.45, 2.75) is 32.6 Å². The zero-order valence-corrected chi connectivity index (χ0v) is 10.8. The lowest BCUT2D eigenvalue weighted by molar-refractivity contribution is -0.137. The quantitative estimate of drug-likeness (QED) is 0.836. The molecule has 2 unspecified atom stereocenters. The molecule has 0 aromatic carbocycles. The molecule has 1 aromatic rings. The molecule has 2 amide bonds. The summed E-state index contributed by atoms with van der Waals surface area (Å²) >= 11 is 1.52. The second-order valence-corrected chi connectivity index (χ2v) is 5.78. The third kappa shape index (κ3) is 2.72.